The fraction of sp³-hybridized carbons (Fsp3) is 0.429. The summed E-state index contributed by atoms with van der Waals surface area (Å²) in [5.74, 6) is -0.224. The van der Waals surface area contributed by atoms with Crippen LogP contribution in [0.3, 0.4) is 0 Å². The molecule has 1 N–H and O–H groups in total. The highest BCUT2D eigenvalue weighted by Crippen LogP contribution is 2.33. The Hall–Kier alpha value is -2.43. The van der Waals surface area contributed by atoms with E-state index in [1.807, 2.05) is 0 Å². The first-order valence-electron chi connectivity index (χ1n) is 9.91. The van der Waals surface area contributed by atoms with Gasteiger partial charge >= 0.3 is 6.36 Å². The number of rotatable bonds is 7. The third-order valence-corrected chi connectivity index (χ3v) is 6.46. The van der Waals surface area contributed by atoms with Crippen molar-refractivity contribution >= 4 is 21.6 Å². The molecule has 0 radical (unpaired) electrons. The van der Waals surface area contributed by atoms with Gasteiger partial charge in [0.05, 0.1) is 24.9 Å². The number of hydrogen-bond donors (Lipinski definition) is 1. The van der Waals surface area contributed by atoms with E-state index in [4.69, 9.17) is 4.74 Å². The van der Waals surface area contributed by atoms with Gasteiger partial charge in [-0.05, 0) is 42.5 Å². The SMILES string of the molecule is COCCn1cnc2sc3c(c2c1=O)CCC(NCc1cccc(OC(F)(F)F)c1)C3. The van der Waals surface area contributed by atoms with Gasteiger partial charge in [-0.1, -0.05) is 12.1 Å². The second-order valence-electron chi connectivity index (χ2n) is 7.44. The van der Waals surface area contributed by atoms with Crippen LogP contribution in [0.15, 0.2) is 35.4 Å². The second-order valence-corrected chi connectivity index (χ2v) is 8.52. The number of halogens is 3. The molecule has 1 aliphatic carbocycles. The van der Waals surface area contributed by atoms with Crippen molar-refractivity contribution in [1.82, 2.24) is 14.9 Å². The number of thiophene rings is 1. The van der Waals surface area contributed by atoms with Gasteiger partial charge in [0.1, 0.15) is 10.6 Å². The number of fused-ring (bicyclic) bond motifs is 3. The Morgan fingerprint density at radius 3 is 2.97 bits per heavy atom. The standard InChI is InChI=1S/C21H22F3N3O3S/c1-29-8-7-27-12-26-19-18(20(27)28)16-6-5-14(10-17(16)31-19)25-11-13-3-2-4-15(9-13)30-21(22,23)24/h2-4,9,12,14,25H,5-8,10-11H2,1H3. The summed E-state index contributed by atoms with van der Waals surface area (Å²) in [5.41, 5.74) is 1.75. The summed E-state index contributed by atoms with van der Waals surface area (Å²) in [7, 11) is 1.59. The van der Waals surface area contributed by atoms with Crippen LogP contribution in [-0.4, -0.2) is 35.7 Å². The van der Waals surface area contributed by atoms with Gasteiger partial charge in [0.2, 0.25) is 0 Å². The normalized spacial score (nSPS) is 16.5. The molecule has 2 heterocycles. The molecule has 0 aliphatic heterocycles. The number of aryl methyl sites for hydroxylation is 1. The molecule has 0 saturated heterocycles. The van der Waals surface area contributed by atoms with E-state index in [2.05, 4.69) is 15.0 Å². The van der Waals surface area contributed by atoms with E-state index in [0.29, 0.717) is 30.6 Å². The summed E-state index contributed by atoms with van der Waals surface area (Å²) in [6.07, 6.45) is -0.785. The van der Waals surface area contributed by atoms with Crippen LogP contribution in [0.2, 0.25) is 0 Å². The third kappa shape index (κ3) is 5.08. The number of hydrogen-bond acceptors (Lipinski definition) is 6. The predicted octanol–water partition coefficient (Wildman–Crippen LogP) is 3.65. The average molecular weight is 453 g/mol. The van der Waals surface area contributed by atoms with Crippen LogP contribution in [0, 0.1) is 0 Å². The maximum atomic E-state index is 12.9. The van der Waals surface area contributed by atoms with E-state index in [0.717, 1.165) is 34.5 Å². The monoisotopic (exact) mass is 453 g/mol. The molecule has 1 atom stereocenters. The predicted molar refractivity (Wildman–Crippen MR) is 112 cm³/mol. The molecule has 1 unspecified atom stereocenters. The van der Waals surface area contributed by atoms with Crippen LogP contribution in [0.25, 0.3) is 10.2 Å². The lowest BCUT2D eigenvalue weighted by atomic mass is 9.93. The molecular formula is C21H22F3N3O3S. The maximum Gasteiger partial charge on any atom is 0.573 e. The largest absolute Gasteiger partial charge is 0.573 e. The first-order chi connectivity index (χ1) is 14.8. The molecule has 0 saturated carbocycles. The van der Waals surface area contributed by atoms with E-state index < -0.39 is 6.36 Å². The molecule has 0 spiro atoms. The Balaban J connectivity index is 1.45. The molecule has 31 heavy (non-hydrogen) atoms. The molecule has 1 aliphatic rings. The van der Waals surface area contributed by atoms with Crippen LogP contribution in [0.4, 0.5) is 13.2 Å². The van der Waals surface area contributed by atoms with Gasteiger partial charge in [-0.15, -0.1) is 24.5 Å². The zero-order chi connectivity index (χ0) is 22.0. The van der Waals surface area contributed by atoms with Gasteiger partial charge in [-0.3, -0.25) is 9.36 Å². The quantitative estimate of drug-likeness (QED) is 0.592. The van der Waals surface area contributed by atoms with Crippen molar-refractivity contribution in [3.8, 4) is 5.75 Å². The number of alkyl halides is 3. The van der Waals surface area contributed by atoms with E-state index in [1.54, 1.807) is 30.1 Å². The molecule has 6 nitrogen and oxygen atoms in total. The lowest BCUT2D eigenvalue weighted by Crippen LogP contribution is -2.34. The summed E-state index contributed by atoms with van der Waals surface area (Å²) in [6, 6.07) is 6.15. The summed E-state index contributed by atoms with van der Waals surface area (Å²) >= 11 is 1.54. The molecule has 1 aromatic carbocycles. The number of benzene rings is 1. The van der Waals surface area contributed by atoms with Crippen LogP contribution >= 0.6 is 11.3 Å². The first kappa shape index (κ1) is 21.8. The smallest absolute Gasteiger partial charge is 0.406 e. The summed E-state index contributed by atoms with van der Waals surface area (Å²) in [6.45, 7) is 1.34. The Bertz CT molecular complexity index is 1130. The highest BCUT2D eigenvalue weighted by molar-refractivity contribution is 7.18. The number of methoxy groups -OCH3 is 1. The lowest BCUT2D eigenvalue weighted by Gasteiger charge is -2.23. The third-order valence-electron chi connectivity index (χ3n) is 5.30. The lowest BCUT2D eigenvalue weighted by molar-refractivity contribution is -0.274. The van der Waals surface area contributed by atoms with Gasteiger partial charge in [0, 0.05) is 24.6 Å². The van der Waals surface area contributed by atoms with Crippen molar-refractivity contribution in [3.05, 3.63) is 57.0 Å². The number of ether oxygens (including phenoxy) is 2. The summed E-state index contributed by atoms with van der Waals surface area (Å²) in [4.78, 5) is 19.2. The maximum absolute atomic E-state index is 12.9. The molecule has 10 heteroatoms. The molecule has 4 rings (SSSR count). The van der Waals surface area contributed by atoms with Gasteiger partial charge in [-0.2, -0.15) is 0 Å². The van der Waals surface area contributed by atoms with Crippen molar-refractivity contribution in [2.24, 2.45) is 0 Å². The van der Waals surface area contributed by atoms with Gasteiger partial charge < -0.3 is 14.8 Å². The molecular weight excluding hydrogens is 431 g/mol. The highest BCUT2D eigenvalue weighted by Gasteiger charge is 2.31. The molecule has 2 aromatic heterocycles. The zero-order valence-corrected chi connectivity index (χ0v) is 17.7. The van der Waals surface area contributed by atoms with Crippen molar-refractivity contribution in [3.63, 3.8) is 0 Å². The molecule has 166 valence electrons. The van der Waals surface area contributed by atoms with Gasteiger partial charge in [0.25, 0.3) is 5.56 Å². The molecule has 3 aromatic rings. The second kappa shape index (κ2) is 8.97. The first-order valence-corrected chi connectivity index (χ1v) is 10.7. The van der Waals surface area contributed by atoms with Crippen LogP contribution < -0.4 is 15.6 Å². The number of nitrogens with zero attached hydrogens (tertiary/aromatic N) is 2. The van der Waals surface area contributed by atoms with Crippen LogP contribution in [0.5, 0.6) is 5.75 Å². The minimum absolute atomic E-state index is 0.0348. The van der Waals surface area contributed by atoms with Crippen molar-refractivity contribution in [2.45, 2.75) is 44.8 Å². The molecule has 0 fully saturated rings. The molecule has 0 amide bonds. The van der Waals surface area contributed by atoms with E-state index >= 15 is 0 Å². The Morgan fingerprint density at radius 2 is 2.19 bits per heavy atom. The van der Waals surface area contributed by atoms with E-state index in [9.17, 15) is 18.0 Å². The van der Waals surface area contributed by atoms with Gasteiger partial charge in [-0.25, -0.2) is 4.98 Å². The fourth-order valence-corrected chi connectivity index (χ4v) is 5.10. The van der Waals surface area contributed by atoms with Crippen molar-refractivity contribution in [2.75, 3.05) is 13.7 Å². The minimum Gasteiger partial charge on any atom is -0.406 e. The Labute approximate surface area is 180 Å². The fourth-order valence-electron chi connectivity index (χ4n) is 3.84. The minimum atomic E-state index is -4.71. The Kier molecular flexibility index (Phi) is 6.31. The van der Waals surface area contributed by atoms with Crippen molar-refractivity contribution in [1.29, 1.82) is 0 Å². The van der Waals surface area contributed by atoms with Crippen molar-refractivity contribution < 1.29 is 22.6 Å². The van der Waals surface area contributed by atoms with Gasteiger partial charge in [0.15, 0.2) is 0 Å². The summed E-state index contributed by atoms with van der Waals surface area (Å²) < 4.78 is 47.9. The number of nitrogens with one attached hydrogen (secondary N) is 1. The Morgan fingerprint density at radius 1 is 1.35 bits per heavy atom. The number of aromatic nitrogens is 2. The van der Waals surface area contributed by atoms with Crippen LogP contribution in [-0.2, 0) is 30.7 Å². The summed E-state index contributed by atoms with van der Waals surface area (Å²) in [5, 5.41) is 4.12. The average Bonchev–Trinajstić information content (AvgIpc) is 3.09. The molecule has 0 bridgehead atoms. The van der Waals surface area contributed by atoms with Crippen LogP contribution in [0.1, 0.15) is 22.4 Å². The topological polar surface area (TPSA) is 65.4 Å². The zero-order valence-electron chi connectivity index (χ0n) is 16.9. The van der Waals surface area contributed by atoms with E-state index in [-0.39, 0.29) is 17.4 Å². The van der Waals surface area contributed by atoms with E-state index in [1.165, 1.54) is 23.5 Å². The highest BCUT2D eigenvalue weighted by atomic mass is 32.1.